The number of hydrogen-bond acceptors (Lipinski definition) is 5. The maximum absolute atomic E-state index is 12.2. The standard InChI is InChI=1S/C18H24N4O2/c1-14-13-16(22-18(21-14)20-11-12-24-2)17(23)19-10-6-9-15-7-4-3-5-8-15/h3-5,7-8,13H,6,9-12H2,1-2H3,(H,19,23)(H,20,21,22). The smallest absolute Gasteiger partial charge is 0.270 e. The van der Waals surface area contributed by atoms with E-state index in [0.717, 1.165) is 18.5 Å². The normalized spacial score (nSPS) is 10.4. The summed E-state index contributed by atoms with van der Waals surface area (Å²) < 4.78 is 4.98. The average molecular weight is 328 g/mol. The number of aromatic nitrogens is 2. The van der Waals surface area contributed by atoms with Gasteiger partial charge < -0.3 is 15.4 Å². The Bertz CT molecular complexity index is 647. The number of rotatable bonds is 9. The van der Waals surface area contributed by atoms with Crippen molar-refractivity contribution in [3.63, 3.8) is 0 Å². The molecule has 0 fully saturated rings. The quantitative estimate of drug-likeness (QED) is 0.690. The summed E-state index contributed by atoms with van der Waals surface area (Å²) in [5, 5.41) is 5.95. The molecule has 6 heteroatoms. The van der Waals surface area contributed by atoms with Crippen LogP contribution in [0, 0.1) is 6.92 Å². The zero-order valence-corrected chi connectivity index (χ0v) is 14.2. The Hall–Kier alpha value is -2.47. The Balaban J connectivity index is 1.82. The number of methoxy groups -OCH3 is 1. The van der Waals surface area contributed by atoms with Crippen LogP contribution in [0.3, 0.4) is 0 Å². The first-order chi connectivity index (χ1) is 11.7. The van der Waals surface area contributed by atoms with Gasteiger partial charge in [-0.2, -0.15) is 0 Å². The zero-order valence-electron chi connectivity index (χ0n) is 14.2. The highest BCUT2D eigenvalue weighted by Crippen LogP contribution is 2.05. The number of aryl methyl sites for hydroxylation is 2. The van der Waals surface area contributed by atoms with E-state index in [1.807, 2.05) is 25.1 Å². The van der Waals surface area contributed by atoms with Crippen molar-refractivity contribution in [3.8, 4) is 0 Å². The lowest BCUT2D eigenvalue weighted by molar-refractivity contribution is 0.0948. The van der Waals surface area contributed by atoms with E-state index >= 15 is 0 Å². The third-order valence-electron chi connectivity index (χ3n) is 3.45. The van der Waals surface area contributed by atoms with Crippen LogP contribution in [0.1, 0.15) is 28.2 Å². The monoisotopic (exact) mass is 328 g/mol. The van der Waals surface area contributed by atoms with Gasteiger partial charge >= 0.3 is 0 Å². The van der Waals surface area contributed by atoms with Crippen molar-refractivity contribution in [1.82, 2.24) is 15.3 Å². The van der Waals surface area contributed by atoms with Crippen molar-refractivity contribution >= 4 is 11.9 Å². The van der Waals surface area contributed by atoms with Gasteiger partial charge in [0.15, 0.2) is 0 Å². The molecule has 0 aliphatic carbocycles. The van der Waals surface area contributed by atoms with E-state index in [4.69, 9.17) is 4.74 Å². The van der Waals surface area contributed by atoms with Gasteiger partial charge in [0.2, 0.25) is 5.95 Å². The lowest BCUT2D eigenvalue weighted by Gasteiger charge is -2.08. The maximum Gasteiger partial charge on any atom is 0.270 e. The van der Waals surface area contributed by atoms with Crippen LogP contribution < -0.4 is 10.6 Å². The molecule has 128 valence electrons. The number of amides is 1. The van der Waals surface area contributed by atoms with Crippen LogP contribution in [0.25, 0.3) is 0 Å². The Morgan fingerprint density at radius 1 is 1.17 bits per heavy atom. The minimum atomic E-state index is -0.177. The van der Waals surface area contributed by atoms with Gasteiger partial charge in [0.1, 0.15) is 5.69 Å². The molecule has 1 aromatic carbocycles. The molecular formula is C18H24N4O2. The van der Waals surface area contributed by atoms with Gasteiger partial charge in [-0.1, -0.05) is 30.3 Å². The Morgan fingerprint density at radius 3 is 2.71 bits per heavy atom. The molecule has 0 saturated carbocycles. The first-order valence-electron chi connectivity index (χ1n) is 8.09. The number of hydrogen-bond donors (Lipinski definition) is 2. The second kappa shape index (κ2) is 9.62. The van der Waals surface area contributed by atoms with Crippen LogP contribution in [-0.2, 0) is 11.2 Å². The van der Waals surface area contributed by atoms with Gasteiger partial charge in [-0.25, -0.2) is 9.97 Å². The van der Waals surface area contributed by atoms with Gasteiger partial charge in [-0.05, 0) is 31.4 Å². The fourth-order valence-electron chi connectivity index (χ4n) is 2.26. The fourth-order valence-corrected chi connectivity index (χ4v) is 2.26. The highest BCUT2D eigenvalue weighted by molar-refractivity contribution is 5.92. The lowest BCUT2D eigenvalue weighted by Crippen LogP contribution is -2.26. The number of anilines is 1. The molecule has 0 spiro atoms. The highest BCUT2D eigenvalue weighted by Gasteiger charge is 2.10. The molecule has 0 atom stereocenters. The summed E-state index contributed by atoms with van der Waals surface area (Å²) in [6, 6.07) is 11.9. The van der Waals surface area contributed by atoms with Crippen LogP contribution in [0.2, 0.25) is 0 Å². The van der Waals surface area contributed by atoms with E-state index < -0.39 is 0 Å². The summed E-state index contributed by atoms with van der Waals surface area (Å²) in [5.74, 6) is 0.268. The van der Waals surface area contributed by atoms with Crippen molar-refractivity contribution in [2.75, 3.05) is 32.1 Å². The zero-order chi connectivity index (χ0) is 17.2. The molecule has 24 heavy (non-hydrogen) atoms. The van der Waals surface area contributed by atoms with Crippen LogP contribution >= 0.6 is 0 Å². The van der Waals surface area contributed by atoms with Crippen molar-refractivity contribution in [3.05, 3.63) is 53.3 Å². The van der Waals surface area contributed by atoms with Crippen LogP contribution in [0.4, 0.5) is 5.95 Å². The summed E-state index contributed by atoms with van der Waals surface area (Å²) in [6.07, 6.45) is 1.83. The Kier molecular flexibility index (Phi) is 7.17. The van der Waals surface area contributed by atoms with Gasteiger partial charge in [0, 0.05) is 25.9 Å². The molecule has 0 aliphatic heterocycles. The molecule has 2 rings (SSSR count). The van der Waals surface area contributed by atoms with E-state index in [1.54, 1.807) is 13.2 Å². The molecule has 1 amide bonds. The lowest BCUT2D eigenvalue weighted by atomic mass is 10.1. The van der Waals surface area contributed by atoms with Crippen LogP contribution in [0.5, 0.6) is 0 Å². The van der Waals surface area contributed by atoms with E-state index in [9.17, 15) is 4.79 Å². The second-order valence-corrected chi connectivity index (χ2v) is 5.48. The summed E-state index contributed by atoms with van der Waals surface area (Å²) in [6.45, 7) is 3.61. The van der Waals surface area contributed by atoms with Crippen LogP contribution in [0.15, 0.2) is 36.4 Å². The number of nitrogens with zero attached hydrogens (tertiary/aromatic N) is 2. The fraction of sp³-hybridized carbons (Fsp3) is 0.389. The van der Waals surface area contributed by atoms with Crippen LogP contribution in [-0.4, -0.2) is 42.7 Å². The predicted octanol–water partition coefficient (Wildman–Crippen LogP) is 2.21. The Morgan fingerprint density at radius 2 is 1.96 bits per heavy atom. The van der Waals surface area contributed by atoms with E-state index in [0.29, 0.717) is 31.3 Å². The number of ether oxygens (including phenoxy) is 1. The highest BCUT2D eigenvalue weighted by atomic mass is 16.5. The number of carbonyl (C=O) groups is 1. The summed E-state index contributed by atoms with van der Waals surface area (Å²) >= 11 is 0. The largest absolute Gasteiger partial charge is 0.383 e. The predicted molar refractivity (Wildman–Crippen MR) is 94.2 cm³/mol. The number of benzene rings is 1. The third kappa shape index (κ3) is 5.96. The van der Waals surface area contributed by atoms with Crippen molar-refractivity contribution in [1.29, 1.82) is 0 Å². The first-order valence-corrected chi connectivity index (χ1v) is 8.09. The van der Waals surface area contributed by atoms with Crippen molar-refractivity contribution < 1.29 is 9.53 Å². The molecule has 0 saturated heterocycles. The summed E-state index contributed by atoms with van der Waals surface area (Å²) in [7, 11) is 1.63. The van der Waals surface area contributed by atoms with Gasteiger partial charge in [0.05, 0.1) is 6.61 Å². The molecule has 0 unspecified atom stereocenters. The SMILES string of the molecule is COCCNc1nc(C)cc(C(=O)NCCCc2ccccc2)n1. The minimum Gasteiger partial charge on any atom is -0.383 e. The molecule has 2 N–H and O–H groups in total. The molecule has 0 bridgehead atoms. The van der Waals surface area contributed by atoms with E-state index in [1.165, 1.54) is 5.56 Å². The Labute approximate surface area is 142 Å². The molecular weight excluding hydrogens is 304 g/mol. The molecule has 6 nitrogen and oxygen atoms in total. The van der Waals surface area contributed by atoms with Crippen molar-refractivity contribution in [2.45, 2.75) is 19.8 Å². The van der Waals surface area contributed by atoms with Crippen molar-refractivity contribution in [2.24, 2.45) is 0 Å². The molecule has 2 aromatic rings. The first kappa shape index (κ1) is 17.9. The second-order valence-electron chi connectivity index (χ2n) is 5.48. The van der Waals surface area contributed by atoms with E-state index in [2.05, 4.69) is 32.7 Å². The van der Waals surface area contributed by atoms with Gasteiger partial charge in [-0.3, -0.25) is 4.79 Å². The molecule has 1 aromatic heterocycles. The molecule has 1 heterocycles. The maximum atomic E-state index is 12.2. The molecule has 0 radical (unpaired) electrons. The average Bonchev–Trinajstić information content (AvgIpc) is 2.59. The minimum absolute atomic E-state index is 0.177. The number of carbonyl (C=O) groups excluding carboxylic acids is 1. The molecule has 0 aliphatic rings. The van der Waals surface area contributed by atoms with Gasteiger partial charge in [0.25, 0.3) is 5.91 Å². The number of nitrogens with one attached hydrogen (secondary N) is 2. The van der Waals surface area contributed by atoms with E-state index in [-0.39, 0.29) is 5.91 Å². The summed E-state index contributed by atoms with van der Waals surface area (Å²) in [4.78, 5) is 20.8. The topological polar surface area (TPSA) is 76.1 Å². The third-order valence-corrected chi connectivity index (χ3v) is 3.45. The van der Waals surface area contributed by atoms with Gasteiger partial charge in [-0.15, -0.1) is 0 Å². The summed E-state index contributed by atoms with van der Waals surface area (Å²) in [5.41, 5.74) is 2.40.